The van der Waals surface area contributed by atoms with Crippen LogP contribution in [-0.4, -0.2) is 63.4 Å². The minimum absolute atomic E-state index is 0.129. The number of carbonyl (C=O) groups is 1. The lowest BCUT2D eigenvalue weighted by molar-refractivity contribution is -0.132. The largest absolute Gasteiger partial charge is 0.378 e. The van der Waals surface area contributed by atoms with Gasteiger partial charge >= 0.3 is 0 Å². The van der Waals surface area contributed by atoms with Crippen molar-refractivity contribution in [3.63, 3.8) is 0 Å². The van der Waals surface area contributed by atoms with Crippen LogP contribution in [-0.2, 0) is 33.7 Å². The minimum atomic E-state index is -0.222. The third-order valence-corrected chi connectivity index (χ3v) is 8.36. The van der Waals surface area contributed by atoms with Gasteiger partial charge in [-0.1, -0.05) is 25.6 Å². The van der Waals surface area contributed by atoms with Crippen molar-refractivity contribution in [1.82, 2.24) is 19.9 Å². The van der Waals surface area contributed by atoms with E-state index in [9.17, 15) is 4.79 Å². The maximum Gasteiger partial charge on any atom is 0.233 e. The van der Waals surface area contributed by atoms with Gasteiger partial charge in [-0.3, -0.25) is 4.79 Å². The molecule has 0 bridgehead atoms. The molecule has 5 rings (SSSR count). The van der Waals surface area contributed by atoms with Gasteiger partial charge in [0.15, 0.2) is 0 Å². The van der Waals surface area contributed by atoms with E-state index in [1.807, 2.05) is 4.90 Å². The highest BCUT2D eigenvalue weighted by molar-refractivity contribution is 8.00. The first-order chi connectivity index (χ1) is 15.8. The van der Waals surface area contributed by atoms with E-state index in [1.54, 1.807) is 17.7 Å². The predicted octanol–water partition coefficient (Wildman–Crippen LogP) is 4.24. The van der Waals surface area contributed by atoms with Gasteiger partial charge in [0.25, 0.3) is 0 Å². The highest BCUT2D eigenvalue weighted by Gasteiger charge is 2.32. The zero-order valence-corrected chi connectivity index (χ0v) is 21.3. The van der Waals surface area contributed by atoms with Gasteiger partial charge in [0, 0.05) is 36.2 Å². The molecule has 3 aromatic rings. The highest BCUT2D eigenvalue weighted by Crippen LogP contribution is 2.43. The summed E-state index contributed by atoms with van der Waals surface area (Å²) in [6.45, 7) is 11.9. The molecule has 9 heteroatoms. The molecule has 1 amide bonds. The summed E-state index contributed by atoms with van der Waals surface area (Å²) in [6.07, 6.45) is 3.38. The Kier molecular flexibility index (Phi) is 6.32. The van der Waals surface area contributed by atoms with Crippen LogP contribution in [0.15, 0.2) is 11.4 Å². The van der Waals surface area contributed by atoms with E-state index in [0.717, 1.165) is 44.0 Å². The topological polar surface area (TPSA) is 77.4 Å². The fraction of sp³-hybridized carbons (Fsp3) is 0.583. The number of carbonyl (C=O) groups excluding carboxylic acids is 1. The van der Waals surface area contributed by atoms with Crippen LogP contribution in [0, 0.1) is 5.92 Å². The van der Waals surface area contributed by atoms with E-state index in [-0.39, 0.29) is 11.5 Å². The molecule has 0 saturated carbocycles. The van der Waals surface area contributed by atoms with E-state index in [2.05, 4.69) is 37.7 Å². The molecular weight excluding hydrogens is 456 g/mol. The second kappa shape index (κ2) is 9.09. The number of rotatable bonds is 5. The van der Waals surface area contributed by atoms with Gasteiger partial charge < -0.3 is 14.4 Å². The van der Waals surface area contributed by atoms with Crippen molar-refractivity contribution in [2.45, 2.75) is 57.8 Å². The number of morpholine rings is 1. The summed E-state index contributed by atoms with van der Waals surface area (Å²) >= 11 is 3.14. The van der Waals surface area contributed by atoms with Crippen LogP contribution in [0.1, 0.15) is 44.5 Å². The first-order valence-electron chi connectivity index (χ1n) is 11.5. The Hall–Kier alpha value is -1.81. The van der Waals surface area contributed by atoms with Gasteiger partial charge in [-0.15, -0.1) is 11.3 Å². The van der Waals surface area contributed by atoms with Crippen molar-refractivity contribution in [3.8, 4) is 0 Å². The van der Waals surface area contributed by atoms with Crippen molar-refractivity contribution in [2.75, 3.05) is 32.1 Å². The van der Waals surface area contributed by atoms with Crippen LogP contribution in [0.3, 0.4) is 0 Å². The molecule has 0 spiro atoms. The van der Waals surface area contributed by atoms with Crippen molar-refractivity contribution in [2.24, 2.45) is 5.92 Å². The van der Waals surface area contributed by atoms with Gasteiger partial charge in [0.2, 0.25) is 5.91 Å². The monoisotopic (exact) mass is 486 g/mol. The lowest BCUT2D eigenvalue weighted by Gasteiger charge is -2.33. The summed E-state index contributed by atoms with van der Waals surface area (Å²) in [6, 6.07) is 0. The lowest BCUT2D eigenvalue weighted by atomic mass is 9.88. The van der Waals surface area contributed by atoms with Gasteiger partial charge in [0.05, 0.1) is 41.4 Å². The molecule has 0 N–H and O–H groups in total. The van der Waals surface area contributed by atoms with Crippen LogP contribution in [0.4, 0.5) is 0 Å². The highest BCUT2D eigenvalue weighted by atomic mass is 32.2. The van der Waals surface area contributed by atoms with Crippen molar-refractivity contribution >= 4 is 49.4 Å². The standard InChI is InChI=1S/C24H30N4O3S2/c1-14(2)9-17-16-11-31-24(3,4)10-15(16)19-20-21(33-22(19)27-17)23(26-13-25-20)32-12-18(29)28-5-7-30-8-6-28/h13-14H,5-12H2,1-4H3. The number of aromatic nitrogens is 3. The number of thiophene rings is 1. The molecule has 176 valence electrons. The molecule has 7 nitrogen and oxygen atoms in total. The zero-order chi connectivity index (χ0) is 23.2. The number of fused-ring (bicyclic) bond motifs is 5. The Bertz CT molecular complexity index is 1200. The number of nitrogens with zero attached hydrogens (tertiary/aromatic N) is 4. The third kappa shape index (κ3) is 4.60. The Morgan fingerprint density at radius 1 is 1.24 bits per heavy atom. The number of hydrogen-bond donors (Lipinski definition) is 0. The Morgan fingerprint density at radius 3 is 2.79 bits per heavy atom. The molecule has 0 unspecified atom stereocenters. The summed E-state index contributed by atoms with van der Waals surface area (Å²) < 4.78 is 12.6. The summed E-state index contributed by atoms with van der Waals surface area (Å²) in [5.74, 6) is 1.01. The molecule has 3 aromatic heterocycles. The maximum atomic E-state index is 12.7. The average Bonchev–Trinajstić information content (AvgIpc) is 3.16. The number of amides is 1. The molecule has 0 aromatic carbocycles. The quantitative estimate of drug-likeness (QED) is 0.394. The van der Waals surface area contributed by atoms with Crippen molar-refractivity contribution in [1.29, 1.82) is 0 Å². The van der Waals surface area contributed by atoms with E-state index < -0.39 is 0 Å². The third-order valence-electron chi connectivity index (χ3n) is 6.18. The molecule has 0 radical (unpaired) electrons. The van der Waals surface area contributed by atoms with Crippen LogP contribution in [0.2, 0.25) is 0 Å². The van der Waals surface area contributed by atoms with E-state index in [1.165, 1.54) is 22.9 Å². The molecule has 1 saturated heterocycles. The molecule has 0 atom stereocenters. The van der Waals surface area contributed by atoms with Crippen molar-refractivity contribution < 1.29 is 14.3 Å². The predicted molar refractivity (Wildman–Crippen MR) is 132 cm³/mol. The molecular formula is C24H30N4O3S2. The molecule has 5 heterocycles. The number of pyridine rings is 1. The number of hydrogen-bond acceptors (Lipinski definition) is 8. The van der Waals surface area contributed by atoms with Gasteiger partial charge in [0.1, 0.15) is 16.2 Å². The lowest BCUT2D eigenvalue weighted by Crippen LogP contribution is -2.41. The van der Waals surface area contributed by atoms with Crippen molar-refractivity contribution in [3.05, 3.63) is 23.1 Å². The first kappa shape index (κ1) is 23.0. The van der Waals surface area contributed by atoms with Crippen LogP contribution in [0.5, 0.6) is 0 Å². The molecule has 1 fully saturated rings. The smallest absolute Gasteiger partial charge is 0.233 e. The van der Waals surface area contributed by atoms with Gasteiger partial charge in [-0.25, -0.2) is 15.0 Å². The average molecular weight is 487 g/mol. The van der Waals surface area contributed by atoms with Gasteiger partial charge in [-0.05, 0) is 31.7 Å². The number of ether oxygens (including phenoxy) is 2. The first-order valence-corrected chi connectivity index (χ1v) is 13.3. The summed E-state index contributed by atoms with van der Waals surface area (Å²) in [5.41, 5.74) is 4.41. The Morgan fingerprint density at radius 2 is 2.03 bits per heavy atom. The van der Waals surface area contributed by atoms with E-state index in [0.29, 0.717) is 44.6 Å². The second-order valence-electron chi connectivity index (χ2n) is 9.76. The molecule has 2 aliphatic rings. The summed E-state index contributed by atoms with van der Waals surface area (Å²) in [5, 5.41) is 1.99. The SMILES string of the molecule is CC(C)Cc1nc2sc3c(SCC(=O)N4CCOCC4)ncnc3c2c2c1COC(C)(C)C2. The second-order valence-corrected chi connectivity index (χ2v) is 11.7. The number of thioether (sulfide) groups is 1. The Balaban J connectivity index is 1.55. The van der Waals surface area contributed by atoms with E-state index >= 15 is 0 Å². The molecule has 0 aliphatic carbocycles. The normalized spacial score (nSPS) is 18.3. The van der Waals surface area contributed by atoms with Crippen LogP contribution in [0.25, 0.3) is 20.4 Å². The van der Waals surface area contributed by atoms with E-state index in [4.69, 9.17) is 14.5 Å². The fourth-order valence-electron chi connectivity index (χ4n) is 4.54. The minimum Gasteiger partial charge on any atom is -0.378 e. The van der Waals surface area contributed by atoms with Gasteiger partial charge in [-0.2, -0.15) is 0 Å². The molecule has 2 aliphatic heterocycles. The summed E-state index contributed by atoms with van der Waals surface area (Å²) in [7, 11) is 0. The zero-order valence-electron chi connectivity index (χ0n) is 19.6. The Labute approximate surface area is 202 Å². The maximum absolute atomic E-state index is 12.7. The fourth-order valence-corrected chi connectivity index (χ4v) is 6.70. The summed E-state index contributed by atoms with van der Waals surface area (Å²) in [4.78, 5) is 29.9. The molecule has 33 heavy (non-hydrogen) atoms. The van der Waals surface area contributed by atoms with Crippen LogP contribution < -0.4 is 0 Å². The van der Waals surface area contributed by atoms with Crippen LogP contribution >= 0.6 is 23.1 Å².